The molecule has 1 N–H and O–H groups in total. The first-order chi connectivity index (χ1) is 11.8. The summed E-state index contributed by atoms with van der Waals surface area (Å²) in [5.41, 5.74) is 7.91. The third kappa shape index (κ3) is 2.76. The lowest BCUT2D eigenvalue weighted by molar-refractivity contribution is 0.337. The molecule has 0 aromatic heterocycles. The molecule has 3 aromatic carbocycles. The van der Waals surface area contributed by atoms with E-state index in [4.69, 9.17) is 4.74 Å². The normalized spacial score (nSPS) is 11.7. The van der Waals surface area contributed by atoms with E-state index in [9.17, 15) is 0 Å². The van der Waals surface area contributed by atoms with Crippen molar-refractivity contribution in [3.05, 3.63) is 83.4 Å². The number of anilines is 1. The molecule has 0 saturated heterocycles. The smallest absolute Gasteiger partial charge is 0.124 e. The monoisotopic (exact) mass is 315 g/mol. The molecular weight excluding hydrogens is 294 g/mol. The standard InChI is InChI=1S/C22H21NO/c1-2-24-22-10-6-4-8-17(22)15-23-19-11-12-21-18(14-19)13-16-7-3-5-9-20(16)21/h3-12,14,23H,2,13,15H2,1H3. The fraction of sp³-hybridized carbons (Fsp3) is 0.182. The van der Waals surface area contributed by atoms with Crippen LogP contribution in [0.2, 0.25) is 0 Å². The highest BCUT2D eigenvalue weighted by atomic mass is 16.5. The molecule has 1 aliphatic carbocycles. The summed E-state index contributed by atoms with van der Waals surface area (Å²) in [6, 6.07) is 23.6. The minimum atomic E-state index is 0.689. The summed E-state index contributed by atoms with van der Waals surface area (Å²) < 4.78 is 5.70. The zero-order chi connectivity index (χ0) is 16.4. The van der Waals surface area contributed by atoms with Gasteiger partial charge in [0.1, 0.15) is 5.75 Å². The molecule has 0 saturated carbocycles. The van der Waals surface area contributed by atoms with Crippen LogP contribution >= 0.6 is 0 Å². The van der Waals surface area contributed by atoms with Gasteiger partial charge in [0.2, 0.25) is 0 Å². The van der Waals surface area contributed by atoms with Crippen molar-refractivity contribution in [3.63, 3.8) is 0 Å². The molecule has 0 fully saturated rings. The lowest BCUT2D eigenvalue weighted by Gasteiger charge is -2.12. The predicted octanol–water partition coefficient (Wildman–Crippen LogP) is 5.27. The Morgan fingerprint density at radius 3 is 2.58 bits per heavy atom. The zero-order valence-electron chi connectivity index (χ0n) is 13.9. The Morgan fingerprint density at radius 2 is 1.67 bits per heavy atom. The van der Waals surface area contributed by atoms with Crippen LogP contribution in [0, 0.1) is 0 Å². The topological polar surface area (TPSA) is 21.3 Å². The Bertz CT molecular complexity index is 869. The van der Waals surface area contributed by atoms with Gasteiger partial charge >= 0.3 is 0 Å². The van der Waals surface area contributed by atoms with Crippen molar-refractivity contribution in [3.8, 4) is 16.9 Å². The molecule has 0 bridgehead atoms. The second-order valence-electron chi connectivity index (χ2n) is 6.10. The molecule has 0 unspecified atom stereocenters. The molecule has 0 atom stereocenters. The van der Waals surface area contributed by atoms with Crippen LogP contribution in [0.3, 0.4) is 0 Å². The number of para-hydroxylation sites is 1. The van der Waals surface area contributed by atoms with Crippen molar-refractivity contribution in [2.45, 2.75) is 19.9 Å². The van der Waals surface area contributed by atoms with E-state index in [1.165, 1.54) is 27.8 Å². The quantitative estimate of drug-likeness (QED) is 0.542. The Hall–Kier alpha value is -2.74. The second kappa shape index (κ2) is 6.40. The Labute approximate surface area is 143 Å². The van der Waals surface area contributed by atoms with Crippen molar-refractivity contribution in [1.29, 1.82) is 0 Å². The van der Waals surface area contributed by atoms with Gasteiger partial charge in [0.15, 0.2) is 0 Å². The summed E-state index contributed by atoms with van der Waals surface area (Å²) in [5, 5.41) is 3.54. The van der Waals surface area contributed by atoms with Gasteiger partial charge in [0, 0.05) is 17.8 Å². The maximum Gasteiger partial charge on any atom is 0.124 e. The summed E-state index contributed by atoms with van der Waals surface area (Å²) in [6.07, 6.45) is 1.02. The molecule has 0 radical (unpaired) electrons. The number of hydrogen-bond acceptors (Lipinski definition) is 2. The van der Waals surface area contributed by atoms with Crippen LogP contribution in [0.25, 0.3) is 11.1 Å². The number of nitrogens with one attached hydrogen (secondary N) is 1. The van der Waals surface area contributed by atoms with Gasteiger partial charge in [-0.1, -0.05) is 48.5 Å². The molecule has 2 nitrogen and oxygen atoms in total. The average molecular weight is 315 g/mol. The Balaban J connectivity index is 1.52. The minimum Gasteiger partial charge on any atom is -0.494 e. The fourth-order valence-corrected chi connectivity index (χ4v) is 3.40. The van der Waals surface area contributed by atoms with Crippen LogP contribution in [0.4, 0.5) is 5.69 Å². The van der Waals surface area contributed by atoms with Crippen LogP contribution < -0.4 is 10.1 Å². The van der Waals surface area contributed by atoms with E-state index in [-0.39, 0.29) is 0 Å². The summed E-state index contributed by atoms with van der Waals surface area (Å²) in [4.78, 5) is 0. The van der Waals surface area contributed by atoms with Crippen molar-refractivity contribution in [2.24, 2.45) is 0 Å². The van der Waals surface area contributed by atoms with Crippen LogP contribution in [-0.2, 0) is 13.0 Å². The zero-order valence-corrected chi connectivity index (χ0v) is 13.9. The number of rotatable bonds is 5. The largest absolute Gasteiger partial charge is 0.494 e. The molecule has 24 heavy (non-hydrogen) atoms. The first-order valence-electron chi connectivity index (χ1n) is 8.51. The van der Waals surface area contributed by atoms with Crippen molar-refractivity contribution < 1.29 is 4.74 Å². The molecule has 120 valence electrons. The number of ether oxygens (including phenoxy) is 1. The van der Waals surface area contributed by atoms with Gasteiger partial charge in [-0.15, -0.1) is 0 Å². The van der Waals surface area contributed by atoms with Gasteiger partial charge in [-0.25, -0.2) is 0 Å². The second-order valence-corrected chi connectivity index (χ2v) is 6.10. The third-order valence-electron chi connectivity index (χ3n) is 4.55. The van der Waals surface area contributed by atoms with Gasteiger partial charge in [-0.2, -0.15) is 0 Å². The maximum absolute atomic E-state index is 5.70. The van der Waals surface area contributed by atoms with Gasteiger partial charge < -0.3 is 10.1 Å². The first kappa shape index (κ1) is 14.8. The highest BCUT2D eigenvalue weighted by Crippen LogP contribution is 2.37. The van der Waals surface area contributed by atoms with Crippen LogP contribution in [0.1, 0.15) is 23.6 Å². The van der Waals surface area contributed by atoms with E-state index in [2.05, 4.69) is 59.9 Å². The number of benzene rings is 3. The SMILES string of the molecule is CCOc1ccccc1CNc1ccc2c(c1)Cc1ccccc1-2. The van der Waals surface area contributed by atoms with Gasteiger partial charge in [0.05, 0.1) is 6.61 Å². The van der Waals surface area contributed by atoms with Crippen molar-refractivity contribution >= 4 is 5.69 Å². The van der Waals surface area contributed by atoms with E-state index >= 15 is 0 Å². The average Bonchev–Trinajstić information content (AvgIpc) is 2.99. The summed E-state index contributed by atoms with van der Waals surface area (Å²) in [6.45, 7) is 3.47. The highest BCUT2D eigenvalue weighted by molar-refractivity contribution is 5.78. The molecule has 0 aliphatic heterocycles. The molecule has 1 aliphatic rings. The summed E-state index contributed by atoms with van der Waals surface area (Å²) >= 11 is 0. The molecule has 4 rings (SSSR count). The van der Waals surface area contributed by atoms with E-state index in [0.717, 1.165) is 24.4 Å². The predicted molar refractivity (Wildman–Crippen MR) is 99.6 cm³/mol. The molecule has 3 aromatic rings. The van der Waals surface area contributed by atoms with Gasteiger partial charge in [0.25, 0.3) is 0 Å². The van der Waals surface area contributed by atoms with Crippen molar-refractivity contribution in [1.82, 2.24) is 0 Å². The van der Waals surface area contributed by atoms with E-state index in [1.807, 2.05) is 19.1 Å². The van der Waals surface area contributed by atoms with Gasteiger partial charge in [-0.3, -0.25) is 0 Å². The number of hydrogen-bond donors (Lipinski definition) is 1. The molecule has 2 heteroatoms. The molecule has 0 amide bonds. The van der Waals surface area contributed by atoms with Gasteiger partial charge in [-0.05, 0) is 53.8 Å². The Kier molecular flexibility index (Phi) is 3.96. The van der Waals surface area contributed by atoms with E-state index in [1.54, 1.807) is 0 Å². The summed E-state index contributed by atoms with van der Waals surface area (Å²) in [7, 11) is 0. The highest BCUT2D eigenvalue weighted by Gasteiger charge is 2.17. The molecule has 0 spiro atoms. The molecular formula is C22H21NO. The number of fused-ring (bicyclic) bond motifs is 3. The minimum absolute atomic E-state index is 0.689. The maximum atomic E-state index is 5.70. The van der Waals surface area contributed by atoms with E-state index in [0.29, 0.717) is 6.61 Å². The van der Waals surface area contributed by atoms with Crippen LogP contribution in [0.15, 0.2) is 66.7 Å². The van der Waals surface area contributed by atoms with Crippen molar-refractivity contribution in [2.75, 3.05) is 11.9 Å². The van der Waals surface area contributed by atoms with E-state index < -0.39 is 0 Å². The van der Waals surface area contributed by atoms with Crippen LogP contribution in [0.5, 0.6) is 5.75 Å². The lowest BCUT2D eigenvalue weighted by atomic mass is 10.1. The Morgan fingerprint density at radius 1 is 0.875 bits per heavy atom. The summed E-state index contributed by atoms with van der Waals surface area (Å²) in [5.74, 6) is 0.959. The fourth-order valence-electron chi connectivity index (χ4n) is 3.40. The first-order valence-corrected chi connectivity index (χ1v) is 8.51. The third-order valence-corrected chi connectivity index (χ3v) is 4.55. The lowest BCUT2D eigenvalue weighted by Crippen LogP contribution is -2.03. The molecule has 0 heterocycles. The van der Waals surface area contributed by atoms with Crippen LogP contribution in [-0.4, -0.2) is 6.61 Å².